The van der Waals surface area contributed by atoms with E-state index >= 15 is 0 Å². The van der Waals surface area contributed by atoms with Crippen LogP contribution >= 0.6 is 11.3 Å². The van der Waals surface area contributed by atoms with E-state index in [1.54, 1.807) is 22.7 Å². The molecule has 1 aliphatic rings. The van der Waals surface area contributed by atoms with Crippen LogP contribution in [0.3, 0.4) is 0 Å². The molecule has 0 spiro atoms. The molecule has 8 nitrogen and oxygen atoms in total. The van der Waals surface area contributed by atoms with Crippen molar-refractivity contribution in [1.29, 1.82) is 0 Å². The number of fused-ring (bicyclic) bond motifs is 1. The van der Waals surface area contributed by atoms with Crippen molar-refractivity contribution in [3.05, 3.63) is 11.3 Å². The maximum atomic E-state index is 12.2. The third-order valence-corrected chi connectivity index (χ3v) is 4.53. The van der Waals surface area contributed by atoms with Crippen molar-refractivity contribution in [2.45, 2.75) is 19.8 Å². The molecule has 3 rings (SSSR count). The molecule has 1 aliphatic heterocycles. The van der Waals surface area contributed by atoms with Crippen LogP contribution < -0.4 is 0 Å². The van der Waals surface area contributed by atoms with Gasteiger partial charge in [-0.3, -0.25) is 9.59 Å². The Morgan fingerprint density at radius 2 is 1.95 bits per heavy atom. The van der Waals surface area contributed by atoms with Crippen molar-refractivity contribution in [2.75, 3.05) is 26.2 Å². The first-order valence-corrected chi connectivity index (χ1v) is 7.64. The number of aryl methyl sites for hydroxylation is 1. The summed E-state index contributed by atoms with van der Waals surface area (Å²) in [6.45, 7) is 4.04. The molecule has 0 atom stereocenters. The second-order valence-electron chi connectivity index (χ2n) is 4.94. The molecule has 2 amide bonds. The van der Waals surface area contributed by atoms with E-state index in [0.717, 1.165) is 9.97 Å². The fraction of sp³-hybridized carbons (Fsp3) is 0.583. The minimum Gasteiger partial charge on any atom is -0.339 e. The van der Waals surface area contributed by atoms with Crippen LogP contribution in [0.2, 0.25) is 0 Å². The van der Waals surface area contributed by atoms with E-state index in [0.29, 0.717) is 39.0 Å². The highest BCUT2D eigenvalue weighted by Gasteiger charge is 2.22. The van der Waals surface area contributed by atoms with Gasteiger partial charge in [-0.1, -0.05) is 11.3 Å². The lowest BCUT2D eigenvalue weighted by Gasteiger charge is -2.34. The van der Waals surface area contributed by atoms with Crippen LogP contribution in [0, 0.1) is 0 Å². The van der Waals surface area contributed by atoms with Gasteiger partial charge in [0.05, 0.1) is 0 Å². The SMILES string of the molecule is CC(=O)N1CCN(C(=O)CCc2nn3cnnc3s2)CC1. The summed E-state index contributed by atoms with van der Waals surface area (Å²) in [5, 5.41) is 12.9. The predicted molar refractivity (Wildman–Crippen MR) is 75.8 cm³/mol. The van der Waals surface area contributed by atoms with Gasteiger partial charge in [-0.2, -0.15) is 9.61 Å². The van der Waals surface area contributed by atoms with Crippen LogP contribution in [0.4, 0.5) is 0 Å². The number of hydrogen-bond acceptors (Lipinski definition) is 6. The first-order chi connectivity index (χ1) is 10.1. The van der Waals surface area contributed by atoms with Gasteiger partial charge in [0.1, 0.15) is 11.3 Å². The van der Waals surface area contributed by atoms with E-state index in [9.17, 15) is 9.59 Å². The van der Waals surface area contributed by atoms with Crippen molar-refractivity contribution < 1.29 is 9.59 Å². The Morgan fingerprint density at radius 3 is 2.62 bits per heavy atom. The normalized spacial score (nSPS) is 15.7. The molecule has 9 heteroatoms. The summed E-state index contributed by atoms with van der Waals surface area (Å²) in [4.78, 5) is 27.7. The summed E-state index contributed by atoms with van der Waals surface area (Å²) in [5.41, 5.74) is 0. The molecule has 0 aliphatic carbocycles. The number of carbonyl (C=O) groups is 2. The highest BCUT2D eigenvalue weighted by atomic mass is 32.1. The van der Waals surface area contributed by atoms with Gasteiger partial charge < -0.3 is 9.80 Å². The minimum atomic E-state index is 0.0711. The molecule has 0 saturated carbocycles. The molecule has 1 saturated heterocycles. The Kier molecular flexibility index (Phi) is 3.82. The molecule has 2 aromatic heterocycles. The fourth-order valence-corrected chi connectivity index (χ4v) is 3.16. The smallest absolute Gasteiger partial charge is 0.234 e. The molecule has 1 fully saturated rings. The lowest BCUT2D eigenvalue weighted by Crippen LogP contribution is -2.50. The van der Waals surface area contributed by atoms with Gasteiger partial charge in [-0.25, -0.2) is 0 Å². The Hall–Kier alpha value is -2.03. The van der Waals surface area contributed by atoms with Gasteiger partial charge in [0.25, 0.3) is 0 Å². The molecule has 3 heterocycles. The predicted octanol–water partition coefficient (Wildman–Crippen LogP) is -0.191. The Morgan fingerprint density at radius 1 is 1.24 bits per heavy atom. The van der Waals surface area contributed by atoms with E-state index in [1.807, 2.05) is 4.90 Å². The standard InChI is InChI=1S/C12H16N6O2S/c1-9(19)16-4-6-17(7-5-16)11(20)3-2-10-15-18-8-13-14-12(18)21-10/h8H,2-7H2,1H3. The van der Waals surface area contributed by atoms with E-state index < -0.39 is 0 Å². The number of rotatable bonds is 3. The van der Waals surface area contributed by atoms with E-state index in [2.05, 4.69) is 15.3 Å². The maximum Gasteiger partial charge on any atom is 0.234 e. The number of nitrogens with zero attached hydrogens (tertiary/aromatic N) is 6. The fourth-order valence-electron chi connectivity index (χ4n) is 2.34. The van der Waals surface area contributed by atoms with Crippen molar-refractivity contribution in [3.63, 3.8) is 0 Å². The number of amides is 2. The van der Waals surface area contributed by atoms with Crippen LogP contribution in [0.1, 0.15) is 18.4 Å². The Labute approximate surface area is 125 Å². The lowest BCUT2D eigenvalue weighted by molar-refractivity contribution is -0.138. The van der Waals surface area contributed by atoms with Gasteiger partial charge in [0, 0.05) is 45.9 Å². The number of aromatic nitrogens is 4. The summed E-state index contributed by atoms with van der Waals surface area (Å²) >= 11 is 1.45. The maximum absolute atomic E-state index is 12.2. The van der Waals surface area contributed by atoms with Crippen molar-refractivity contribution >= 4 is 28.1 Å². The van der Waals surface area contributed by atoms with E-state index in [1.165, 1.54) is 11.3 Å². The molecule has 0 aromatic carbocycles. The third kappa shape index (κ3) is 3.02. The molecule has 0 radical (unpaired) electrons. The molecule has 0 N–H and O–H groups in total. The van der Waals surface area contributed by atoms with Crippen molar-refractivity contribution in [3.8, 4) is 0 Å². The first kappa shape index (κ1) is 13.9. The Balaban J connectivity index is 1.50. The van der Waals surface area contributed by atoms with Crippen molar-refractivity contribution in [2.24, 2.45) is 0 Å². The molecule has 0 bridgehead atoms. The average molecular weight is 308 g/mol. The number of piperazine rings is 1. The van der Waals surface area contributed by atoms with Gasteiger partial charge in [-0.15, -0.1) is 10.2 Å². The summed E-state index contributed by atoms with van der Waals surface area (Å²) < 4.78 is 1.62. The number of carbonyl (C=O) groups excluding carboxylic acids is 2. The quantitative estimate of drug-likeness (QED) is 0.785. The summed E-state index contributed by atoms with van der Waals surface area (Å²) in [5.74, 6) is 0.186. The Bertz CT molecular complexity index is 629. The zero-order valence-electron chi connectivity index (χ0n) is 11.7. The monoisotopic (exact) mass is 308 g/mol. The van der Waals surface area contributed by atoms with E-state index in [-0.39, 0.29) is 11.8 Å². The third-order valence-electron chi connectivity index (χ3n) is 3.56. The zero-order valence-corrected chi connectivity index (χ0v) is 12.5. The zero-order chi connectivity index (χ0) is 14.8. The molecule has 2 aromatic rings. The van der Waals surface area contributed by atoms with Crippen LogP contribution in [0.5, 0.6) is 0 Å². The highest BCUT2D eigenvalue weighted by Crippen LogP contribution is 2.14. The molecular formula is C12H16N6O2S. The first-order valence-electron chi connectivity index (χ1n) is 6.82. The van der Waals surface area contributed by atoms with Crippen LogP contribution in [0.15, 0.2) is 6.33 Å². The van der Waals surface area contributed by atoms with Crippen LogP contribution in [0.25, 0.3) is 4.96 Å². The number of hydrogen-bond donors (Lipinski definition) is 0. The van der Waals surface area contributed by atoms with Crippen LogP contribution in [-0.4, -0.2) is 67.6 Å². The van der Waals surface area contributed by atoms with Gasteiger partial charge in [0.2, 0.25) is 16.8 Å². The molecule has 112 valence electrons. The minimum absolute atomic E-state index is 0.0711. The highest BCUT2D eigenvalue weighted by molar-refractivity contribution is 7.16. The summed E-state index contributed by atoms with van der Waals surface area (Å²) in [6.07, 6.45) is 2.60. The average Bonchev–Trinajstić information content (AvgIpc) is 3.06. The summed E-state index contributed by atoms with van der Waals surface area (Å²) in [7, 11) is 0. The van der Waals surface area contributed by atoms with Gasteiger partial charge in [-0.05, 0) is 0 Å². The largest absolute Gasteiger partial charge is 0.339 e. The van der Waals surface area contributed by atoms with Gasteiger partial charge in [0.15, 0.2) is 0 Å². The summed E-state index contributed by atoms with van der Waals surface area (Å²) in [6, 6.07) is 0. The molecule has 21 heavy (non-hydrogen) atoms. The second kappa shape index (κ2) is 5.76. The molecule has 0 unspecified atom stereocenters. The van der Waals surface area contributed by atoms with E-state index in [4.69, 9.17) is 0 Å². The van der Waals surface area contributed by atoms with Gasteiger partial charge >= 0.3 is 0 Å². The topological polar surface area (TPSA) is 83.7 Å². The lowest BCUT2D eigenvalue weighted by atomic mass is 10.2. The molecular weight excluding hydrogens is 292 g/mol. The van der Waals surface area contributed by atoms with Crippen LogP contribution in [-0.2, 0) is 16.0 Å². The second-order valence-corrected chi connectivity index (χ2v) is 5.98. The van der Waals surface area contributed by atoms with Crippen molar-refractivity contribution in [1.82, 2.24) is 29.6 Å².